The number of aromatic nitrogens is 3. The number of hydrogen-bond donors (Lipinski definition) is 2. The second-order valence-electron chi connectivity index (χ2n) is 7.36. The molecule has 6 nitrogen and oxygen atoms in total. The first-order valence-electron chi connectivity index (χ1n) is 9.56. The van der Waals surface area contributed by atoms with Crippen LogP contribution in [0.15, 0.2) is 47.1 Å². The van der Waals surface area contributed by atoms with Crippen molar-refractivity contribution >= 4 is 45.1 Å². The molecule has 4 rings (SSSR count). The van der Waals surface area contributed by atoms with E-state index in [1.165, 1.54) is 0 Å². The van der Waals surface area contributed by atoms with Gasteiger partial charge in [-0.15, -0.1) is 0 Å². The number of rotatable bonds is 3. The van der Waals surface area contributed by atoms with Gasteiger partial charge in [-0.1, -0.05) is 41.9 Å². The van der Waals surface area contributed by atoms with Crippen molar-refractivity contribution in [3.8, 4) is 0 Å². The highest BCUT2D eigenvalue weighted by Crippen LogP contribution is 2.46. The molecule has 0 saturated heterocycles. The van der Waals surface area contributed by atoms with E-state index in [1.54, 1.807) is 30.3 Å². The lowest BCUT2D eigenvalue weighted by Crippen LogP contribution is -2.35. The van der Waals surface area contributed by atoms with Gasteiger partial charge < -0.3 is 10.6 Å². The van der Waals surface area contributed by atoms with E-state index in [2.05, 4.69) is 36.6 Å². The van der Waals surface area contributed by atoms with Gasteiger partial charge in [0.25, 0.3) is 5.91 Å². The quantitative estimate of drug-likeness (QED) is 0.348. The zero-order valence-corrected chi connectivity index (χ0v) is 19.0. The predicted molar refractivity (Wildman–Crippen MR) is 115 cm³/mol. The monoisotopic (exact) mass is 567 g/mol. The maximum absolute atomic E-state index is 13.9. The van der Waals surface area contributed by atoms with Gasteiger partial charge in [0, 0.05) is 12.6 Å². The normalized spacial score (nSPS) is 18.2. The van der Waals surface area contributed by atoms with E-state index >= 15 is 0 Å². The summed E-state index contributed by atoms with van der Waals surface area (Å²) in [6.07, 6.45) is -9.26. The molecular weight excluding hydrogens is 556 g/mol. The SMILES string of the molecule is O=C(Nc1ncc(C(F)(F)F)cc1Cl)c1nn2c(c1Br)N[C@H](c1ccccc1)C[C@@H]2C(F)(F)F. The lowest BCUT2D eigenvalue weighted by atomic mass is 9.97. The molecule has 1 aliphatic rings. The summed E-state index contributed by atoms with van der Waals surface area (Å²) in [6.45, 7) is 0. The van der Waals surface area contributed by atoms with Crippen molar-refractivity contribution in [2.24, 2.45) is 0 Å². The van der Waals surface area contributed by atoms with Crippen molar-refractivity contribution in [3.05, 3.63) is 68.9 Å². The molecule has 1 aliphatic heterocycles. The third-order valence-electron chi connectivity index (χ3n) is 5.11. The average molecular weight is 569 g/mol. The maximum Gasteiger partial charge on any atom is 0.417 e. The van der Waals surface area contributed by atoms with Crippen LogP contribution in [-0.4, -0.2) is 26.8 Å². The van der Waals surface area contributed by atoms with Crippen LogP contribution in [-0.2, 0) is 6.18 Å². The Balaban J connectivity index is 1.67. The van der Waals surface area contributed by atoms with E-state index < -0.39 is 52.4 Å². The van der Waals surface area contributed by atoms with Crippen LogP contribution >= 0.6 is 27.5 Å². The van der Waals surface area contributed by atoms with Crippen LogP contribution in [0.3, 0.4) is 0 Å². The smallest absolute Gasteiger partial charge is 0.362 e. The molecule has 14 heteroatoms. The Hall–Kier alpha value is -2.80. The fraction of sp³-hybridized carbons (Fsp3) is 0.250. The molecule has 3 heterocycles. The van der Waals surface area contributed by atoms with Crippen molar-refractivity contribution in [1.82, 2.24) is 14.8 Å². The van der Waals surface area contributed by atoms with E-state index in [-0.39, 0.29) is 16.7 Å². The third kappa shape index (κ3) is 4.71. The largest absolute Gasteiger partial charge is 0.417 e. The number of pyridine rings is 1. The number of hydrogen-bond acceptors (Lipinski definition) is 4. The van der Waals surface area contributed by atoms with Gasteiger partial charge in [-0.05, 0) is 27.6 Å². The Morgan fingerprint density at radius 3 is 2.44 bits per heavy atom. The number of alkyl halides is 6. The van der Waals surface area contributed by atoms with Gasteiger partial charge in [0.05, 0.1) is 21.1 Å². The number of benzene rings is 1. The Bertz CT molecular complexity index is 1230. The van der Waals surface area contributed by atoms with Gasteiger partial charge in [0.1, 0.15) is 5.82 Å². The Morgan fingerprint density at radius 1 is 1.18 bits per heavy atom. The highest BCUT2D eigenvalue weighted by atomic mass is 79.9. The molecule has 2 N–H and O–H groups in total. The highest BCUT2D eigenvalue weighted by molar-refractivity contribution is 9.10. The Labute approximate surface area is 201 Å². The van der Waals surface area contributed by atoms with Crippen LogP contribution in [0.25, 0.3) is 0 Å². The van der Waals surface area contributed by atoms with Crippen molar-refractivity contribution in [3.63, 3.8) is 0 Å². The van der Waals surface area contributed by atoms with Crippen LogP contribution in [0.1, 0.15) is 40.1 Å². The lowest BCUT2D eigenvalue weighted by Gasteiger charge is -2.33. The molecule has 2 atom stereocenters. The zero-order valence-electron chi connectivity index (χ0n) is 16.7. The fourth-order valence-corrected chi connectivity index (χ4v) is 4.26. The molecule has 180 valence electrons. The molecular formula is C20H13BrClF6N5O. The van der Waals surface area contributed by atoms with E-state index in [4.69, 9.17) is 11.6 Å². The molecule has 0 unspecified atom stereocenters. The van der Waals surface area contributed by atoms with Gasteiger partial charge in [-0.25, -0.2) is 9.67 Å². The number of fused-ring (bicyclic) bond motifs is 1. The van der Waals surface area contributed by atoms with Gasteiger partial charge in [0.2, 0.25) is 0 Å². The van der Waals surface area contributed by atoms with Crippen molar-refractivity contribution in [2.75, 3.05) is 10.6 Å². The number of anilines is 2. The number of amides is 1. The number of carbonyl (C=O) groups excluding carboxylic acids is 1. The minimum atomic E-state index is -4.70. The molecule has 2 aromatic heterocycles. The first kappa shape index (κ1) is 24.3. The highest BCUT2D eigenvalue weighted by Gasteiger charge is 2.47. The fourth-order valence-electron chi connectivity index (χ4n) is 3.49. The summed E-state index contributed by atoms with van der Waals surface area (Å²) in [5.74, 6) is -1.49. The summed E-state index contributed by atoms with van der Waals surface area (Å²) < 4.78 is 80.6. The van der Waals surface area contributed by atoms with E-state index in [9.17, 15) is 31.1 Å². The molecule has 0 bridgehead atoms. The maximum atomic E-state index is 13.9. The molecule has 1 aromatic carbocycles. The topological polar surface area (TPSA) is 71.8 Å². The lowest BCUT2D eigenvalue weighted by molar-refractivity contribution is -0.173. The van der Waals surface area contributed by atoms with Crippen LogP contribution in [0.4, 0.5) is 38.0 Å². The Morgan fingerprint density at radius 2 is 1.85 bits per heavy atom. The predicted octanol–water partition coefficient (Wildman–Crippen LogP) is 6.63. The molecule has 0 radical (unpaired) electrons. The number of nitrogens with zero attached hydrogens (tertiary/aromatic N) is 3. The zero-order chi connectivity index (χ0) is 24.8. The third-order valence-corrected chi connectivity index (χ3v) is 6.15. The molecule has 1 amide bonds. The van der Waals surface area contributed by atoms with Gasteiger partial charge in [0.15, 0.2) is 17.6 Å². The number of nitrogens with one attached hydrogen (secondary N) is 2. The second kappa shape index (κ2) is 8.77. The van der Waals surface area contributed by atoms with E-state index in [0.717, 1.165) is 0 Å². The molecule has 0 spiro atoms. The van der Waals surface area contributed by atoms with Crippen molar-refractivity contribution in [1.29, 1.82) is 0 Å². The van der Waals surface area contributed by atoms with Crippen LogP contribution < -0.4 is 10.6 Å². The summed E-state index contributed by atoms with van der Waals surface area (Å²) in [4.78, 5) is 16.2. The first-order valence-corrected chi connectivity index (χ1v) is 10.7. The van der Waals surface area contributed by atoms with Crippen molar-refractivity contribution < 1.29 is 31.1 Å². The van der Waals surface area contributed by atoms with Gasteiger partial charge in [-0.3, -0.25) is 4.79 Å². The van der Waals surface area contributed by atoms with Crippen molar-refractivity contribution in [2.45, 2.75) is 30.9 Å². The summed E-state index contributed by atoms with van der Waals surface area (Å²) in [5, 5.41) is 8.48. The van der Waals surface area contributed by atoms with Gasteiger partial charge >= 0.3 is 12.4 Å². The van der Waals surface area contributed by atoms with E-state index in [1.807, 2.05) is 0 Å². The van der Waals surface area contributed by atoms with Gasteiger partial charge in [-0.2, -0.15) is 31.4 Å². The van der Waals surface area contributed by atoms with Crippen LogP contribution in [0, 0.1) is 0 Å². The number of carbonyl (C=O) groups is 1. The molecule has 3 aromatic rings. The summed E-state index contributed by atoms with van der Waals surface area (Å²) >= 11 is 8.93. The first-order chi connectivity index (χ1) is 15.9. The average Bonchev–Trinajstić information content (AvgIpc) is 3.10. The number of halogens is 8. The summed E-state index contributed by atoms with van der Waals surface area (Å²) in [6, 6.07) is 6.31. The molecule has 0 aliphatic carbocycles. The summed E-state index contributed by atoms with van der Waals surface area (Å²) in [7, 11) is 0. The summed E-state index contributed by atoms with van der Waals surface area (Å²) in [5.41, 5.74) is -0.940. The molecule has 0 fully saturated rings. The molecule has 0 saturated carbocycles. The minimum absolute atomic E-state index is 0.0529. The van der Waals surface area contributed by atoms with Crippen LogP contribution in [0.5, 0.6) is 0 Å². The van der Waals surface area contributed by atoms with E-state index in [0.29, 0.717) is 22.5 Å². The molecule has 34 heavy (non-hydrogen) atoms. The minimum Gasteiger partial charge on any atom is -0.362 e. The standard InChI is InChI=1S/C20H13BrClF6N5O/c21-14-15(18(34)31-16-11(22)6-10(8-29-16)19(23,24)25)32-33-13(20(26,27)28)7-12(30-17(14)33)9-4-2-1-3-5-9/h1-6,8,12-13,30H,7H2,(H,29,31,34)/t12-,13+/m0/s1. The Kier molecular flexibility index (Phi) is 6.27. The second-order valence-corrected chi connectivity index (χ2v) is 8.56. The van der Waals surface area contributed by atoms with Crippen LogP contribution in [0.2, 0.25) is 5.02 Å².